The molecule has 4 rings (SSSR count). The Labute approximate surface area is 199 Å². The number of hydrogen-bond donors (Lipinski definition) is 1. The second-order valence-electron chi connectivity index (χ2n) is 7.15. The Balaban J connectivity index is 1.58. The number of benzene rings is 2. The van der Waals surface area contributed by atoms with Crippen molar-refractivity contribution in [2.24, 2.45) is 5.10 Å². The molecule has 0 saturated heterocycles. The molecule has 0 bridgehead atoms. The highest BCUT2D eigenvalue weighted by Gasteiger charge is 2.29. The number of rotatable bonds is 4. The molecule has 0 fully saturated rings. The summed E-state index contributed by atoms with van der Waals surface area (Å²) in [5, 5.41) is 5.27. The summed E-state index contributed by atoms with van der Waals surface area (Å²) in [6.07, 6.45) is 2.02. The number of hydrazone groups is 1. The molecule has 1 aromatic heterocycles. The maximum Gasteiger partial charge on any atom is 0.379 e. The number of furan rings is 1. The van der Waals surface area contributed by atoms with Crippen LogP contribution in [-0.4, -0.2) is 17.6 Å². The van der Waals surface area contributed by atoms with E-state index in [1.807, 2.05) is 0 Å². The van der Waals surface area contributed by atoms with Crippen LogP contribution in [0.25, 0.3) is 0 Å². The third-order valence-electron chi connectivity index (χ3n) is 5.02. The van der Waals surface area contributed by atoms with Crippen LogP contribution in [0.15, 0.2) is 52.0 Å². The van der Waals surface area contributed by atoms with Crippen LogP contribution >= 0.6 is 34.8 Å². The molecule has 1 N–H and O–H groups in total. The van der Waals surface area contributed by atoms with Gasteiger partial charge in [0.15, 0.2) is 0 Å². The van der Waals surface area contributed by atoms with Crippen molar-refractivity contribution in [3.8, 4) is 5.75 Å². The summed E-state index contributed by atoms with van der Waals surface area (Å²) >= 11 is 18.1. The number of carbonyl (C=O) groups is 2. The van der Waals surface area contributed by atoms with Gasteiger partial charge in [-0.3, -0.25) is 4.79 Å². The summed E-state index contributed by atoms with van der Waals surface area (Å²) in [6.45, 7) is 1.75. The second-order valence-corrected chi connectivity index (χ2v) is 8.40. The minimum atomic E-state index is -0.680. The van der Waals surface area contributed by atoms with Crippen LogP contribution < -0.4 is 10.2 Å². The molecule has 1 aliphatic rings. The quantitative estimate of drug-likeness (QED) is 0.266. The van der Waals surface area contributed by atoms with Crippen molar-refractivity contribution in [2.75, 3.05) is 0 Å². The fourth-order valence-electron chi connectivity index (χ4n) is 3.50. The largest absolute Gasteiger partial charge is 0.453 e. The number of halogens is 3. The summed E-state index contributed by atoms with van der Waals surface area (Å²) < 4.78 is 11.2. The predicted molar refractivity (Wildman–Crippen MR) is 123 cm³/mol. The van der Waals surface area contributed by atoms with E-state index >= 15 is 0 Å². The molecule has 32 heavy (non-hydrogen) atoms. The van der Waals surface area contributed by atoms with Crippen molar-refractivity contribution in [3.63, 3.8) is 0 Å². The summed E-state index contributed by atoms with van der Waals surface area (Å²) in [5.41, 5.74) is 4.77. The number of hydrogen-bond acceptors (Lipinski definition) is 5. The van der Waals surface area contributed by atoms with E-state index in [1.54, 1.807) is 37.3 Å². The Kier molecular flexibility index (Phi) is 6.55. The molecule has 0 unspecified atom stereocenters. The van der Waals surface area contributed by atoms with Crippen LogP contribution in [0, 0.1) is 6.92 Å². The molecule has 1 heterocycles. The fourth-order valence-corrected chi connectivity index (χ4v) is 4.17. The van der Waals surface area contributed by atoms with Crippen LogP contribution in [-0.2, 0) is 6.42 Å². The van der Waals surface area contributed by atoms with E-state index in [1.165, 1.54) is 12.1 Å². The first-order chi connectivity index (χ1) is 15.3. The molecule has 1 aliphatic carbocycles. The van der Waals surface area contributed by atoms with Gasteiger partial charge < -0.3 is 9.15 Å². The average molecular weight is 492 g/mol. The van der Waals surface area contributed by atoms with E-state index in [0.717, 1.165) is 6.42 Å². The molecule has 1 amide bonds. The Morgan fingerprint density at radius 3 is 2.59 bits per heavy atom. The lowest BCUT2D eigenvalue weighted by molar-refractivity contribution is 0.0698. The molecule has 0 spiro atoms. The molecular weight excluding hydrogens is 475 g/mol. The first-order valence-electron chi connectivity index (χ1n) is 9.76. The molecule has 3 aromatic rings. The molecule has 6 nitrogen and oxygen atoms in total. The summed E-state index contributed by atoms with van der Waals surface area (Å²) in [7, 11) is 0. The lowest BCUT2D eigenvalue weighted by Gasteiger charge is -2.13. The molecular formula is C23H17Cl3N2O4. The lowest BCUT2D eigenvalue weighted by Crippen LogP contribution is -2.22. The van der Waals surface area contributed by atoms with Gasteiger partial charge in [0.1, 0.15) is 11.5 Å². The molecule has 0 saturated carbocycles. The molecule has 9 heteroatoms. The summed E-state index contributed by atoms with van der Waals surface area (Å²) in [4.78, 5) is 25.2. The van der Waals surface area contributed by atoms with Crippen LogP contribution in [0.3, 0.4) is 0 Å². The van der Waals surface area contributed by atoms with Gasteiger partial charge in [0.05, 0.1) is 21.3 Å². The minimum Gasteiger partial charge on any atom is -0.453 e. The van der Waals surface area contributed by atoms with Crippen LogP contribution in [0.4, 0.5) is 0 Å². The van der Waals surface area contributed by atoms with Gasteiger partial charge in [0, 0.05) is 22.6 Å². The van der Waals surface area contributed by atoms with Crippen LogP contribution in [0.1, 0.15) is 50.6 Å². The molecule has 164 valence electrons. The number of nitrogens with one attached hydrogen (secondary N) is 1. The Bertz CT molecular complexity index is 1250. The van der Waals surface area contributed by atoms with Gasteiger partial charge in [-0.2, -0.15) is 5.10 Å². The van der Waals surface area contributed by atoms with Gasteiger partial charge in [0.2, 0.25) is 5.76 Å². The highest BCUT2D eigenvalue weighted by Crippen LogP contribution is 2.32. The van der Waals surface area contributed by atoms with Crippen molar-refractivity contribution in [1.82, 2.24) is 5.43 Å². The van der Waals surface area contributed by atoms with Crippen molar-refractivity contribution in [3.05, 3.63) is 85.7 Å². The minimum absolute atomic E-state index is 0.0630. The monoisotopic (exact) mass is 490 g/mol. The normalized spacial score (nSPS) is 14.2. The average Bonchev–Trinajstić information content (AvgIpc) is 3.11. The smallest absolute Gasteiger partial charge is 0.379 e. The van der Waals surface area contributed by atoms with Crippen molar-refractivity contribution < 1.29 is 18.7 Å². The molecule has 0 aliphatic heterocycles. The van der Waals surface area contributed by atoms with E-state index in [0.29, 0.717) is 51.0 Å². The van der Waals surface area contributed by atoms with Crippen molar-refractivity contribution >= 4 is 52.4 Å². The number of aryl methyl sites for hydroxylation is 1. The summed E-state index contributed by atoms with van der Waals surface area (Å²) in [6, 6.07) is 11.3. The molecule has 0 radical (unpaired) electrons. The second kappa shape index (κ2) is 9.36. The Hall–Kier alpha value is -2.80. The maximum absolute atomic E-state index is 12.8. The molecule has 0 atom stereocenters. The van der Waals surface area contributed by atoms with E-state index in [2.05, 4.69) is 10.5 Å². The number of carbonyl (C=O) groups excluding carboxylic acids is 2. The van der Waals surface area contributed by atoms with Gasteiger partial charge in [-0.1, -0.05) is 46.9 Å². The van der Waals surface area contributed by atoms with Gasteiger partial charge >= 0.3 is 5.97 Å². The highest BCUT2D eigenvalue weighted by atomic mass is 35.5. The maximum atomic E-state index is 12.8. The topological polar surface area (TPSA) is 80.9 Å². The van der Waals surface area contributed by atoms with Gasteiger partial charge in [-0.05, 0) is 50.1 Å². The summed E-state index contributed by atoms with van der Waals surface area (Å²) in [5.74, 6) is -0.244. The number of nitrogens with zero attached hydrogens (tertiary/aromatic N) is 1. The zero-order valence-electron chi connectivity index (χ0n) is 16.9. The van der Waals surface area contributed by atoms with E-state index in [-0.39, 0.29) is 16.5 Å². The highest BCUT2D eigenvalue weighted by molar-refractivity contribution is 6.35. The third kappa shape index (κ3) is 4.53. The van der Waals surface area contributed by atoms with E-state index in [9.17, 15) is 9.59 Å². The van der Waals surface area contributed by atoms with E-state index in [4.69, 9.17) is 44.0 Å². The Morgan fingerprint density at radius 2 is 1.84 bits per heavy atom. The Morgan fingerprint density at radius 1 is 1.06 bits per heavy atom. The first kappa shape index (κ1) is 22.4. The third-order valence-corrected chi connectivity index (χ3v) is 5.88. The zero-order valence-corrected chi connectivity index (χ0v) is 19.1. The molecule has 2 aromatic carbocycles. The van der Waals surface area contributed by atoms with Gasteiger partial charge in [0.25, 0.3) is 5.91 Å². The lowest BCUT2D eigenvalue weighted by atomic mass is 9.93. The number of amides is 1. The van der Waals surface area contributed by atoms with Crippen LogP contribution in [0.5, 0.6) is 5.75 Å². The van der Waals surface area contributed by atoms with Gasteiger partial charge in [-0.15, -0.1) is 0 Å². The SMILES string of the molecule is Cc1c(C(=O)Oc2ccc(Cl)cc2Cl)oc2c1/C(=N/NC(=O)c1ccccc1Cl)CCC2. The standard InChI is InChI=1S/C23H17Cl3N2O4/c1-12-20-17(27-28-22(29)14-5-2-3-6-15(14)25)7-4-8-19(20)31-21(12)23(30)32-18-10-9-13(24)11-16(18)26/h2-3,5-6,9-11H,4,7-8H2,1H3,(H,28,29)/b27-17+. The predicted octanol–water partition coefficient (Wildman–Crippen LogP) is 6.24. The number of ether oxygens (including phenoxy) is 1. The van der Waals surface area contributed by atoms with E-state index < -0.39 is 11.9 Å². The van der Waals surface area contributed by atoms with Crippen molar-refractivity contribution in [2.45, 2.75) is 26.2 Å². The first-order valence-corrected chi connectivity index (χ1v) is 10.9. The fraction of sp³-hybridized carbons (Fsp3) is 0.174. The zero-order chi connectivity index (χ0) is 22.8. The van der Waals surface area contributed by atoms with Crippen LogP contribution in [0.2, 0.25) is 15.1 Å². The number of esters is 1. The van der Waals surface area contributed by atoms with Crippen molar-refractivity contribution in [1.29, 1.82) is 0 Å². The van der Waals surface area contributed by atoms with Gasteiger partial charge in [-0.25, -0.2) is 10.2 Å². The number of fused-ring (bicyclic) bond motifs is 1.